The van der Waals surface area contributed by atoms with Crippen LogP contribution in [0.3, 0.4) is 0 Å². The first kappa shape index (κ1) is 39.0. The van der Waals surface area contributed by atoms with E-state index in [1.54, 1.807) is 30.3 Å². The van der Waals surface area contributed by atoms with E-state index in [9.17, 15) is 53.4 Å². The van der Waals surface area contributed by atoms with Crippen LogP contribution >= 0.6 is 12.6 Å². The summed E-state index contributed by atoms with van der Waals surface area (Å²) >= 11 is 3.64. The summed E-state index contributed by atoms with van der Waals surface area (Å²) in [6.45, 7) is 0.00616. The van der Waals surface area contributed by atoms with E-state index in [4.69, 9.17) is 10.8 Å². The van der Waals surface area contributed by atoms with E-state index in [-0.39, 0.29) is 19.3 Å². The summed E-state index contributed by atoms with van der Waals surface area (Å²) in [6.07, 6.45) is -2.61. The highest BCUT2D eigenvalue weighted by Crippen LogP contribution is 2.07. The highest BCUT2D eigenvalue weighted by molar-refractivity contribution is 7.96. The van der Waals surface area contributed by atoms with Crippen LogP contribution in [0.15, 0.2) is 30.3 Å². The third-order valence-electron chi connectivity index (χ3n) is 6.11. The number of rotatable bonds is 20. The summed E-state index contributed by atoms with van der Waals surface area (Å²) in [6, 6.07) is 0.0633. The lowest BCUT2D eigenvalue weighted by Crippen LogP contribution is -2.60. The average molecular weight is 669 g/mol. The van der Waals surface area contributed by atoms with E-state index >= 15 is 0 Å². The van der Waals surface area contributed by atoms with E-state index in [0.29, 0.717) is 5.56 Å². The van der Waals surface area contributed by atoms with E-state index in [1.807, 2.05) is 0 Å². The van der Waals surface area contributed by atoms with Crippen molar-refractivity contribution in [1.29, 1.82) is 0 Å². The van der Waals surface area contributed by atoms with Crippen molar-refractivity contribution in [2.45, 2.75) is 69.2 Å². The average Bonchev–Trinajstić information content (AvgIpc) is 2.96. The Hall–Kier alpha value is -5.04. The second-order valence-electron chi connectivity index (χ2n) is 9.91. The first-order chi connectivity index (χ1) is 21.5. The normalized spacial score (nSPS) is 13.8. The molecule has 1 rings (SSSR count). The van der Waals surface area contributed by atoms with Crippen molar-refractivity contribution in [2.24, 2.45) is 5.73 Å². The number of amides is 6. The zero-order valence-corrected chi connectivity index (χ0v) is 25.5. The van der Waals surface area contributed by atoms with Gasteiger partial charge in [-0.3, -0.25) is 43.2 Å². The van der Waals surface area contributed by atoms with Crippen LogP contribution in [0.5, 0.6) is 0 Å². The molecular formula is C27H36N6O12S. The number of aliphatic carboxylic acids is 2. The Labute approximate surface area is 267 Å². The summed E-state index contributed by atoms with van der Waals surface area (Å²) in [5.41, 5.74) is 5.57. The van der Waals surface area contributed by atoms with Gasteiger partial charge in [0.15, 0.2) is 0 Å². The van der Waals surface area contributed by atoms with Gasteiger partial charge in [-0.05, 0) is 12.0 Å². The fourth-order valence-corrected chi connectivity index (χ4v) is 4.09. The zero-order chi connectivity index (χ0) is 35.0. The molecule has 19 heteroatoms. The van der Waals surface area contributed by atoms with Gasteiger partial charge in [0.25, 0.3) is 0 Å². The molecule has 46 heavy (non-hydrogen) atoms. The number of benzene rings is 1. The molecule has 1 aromatic carbocycles. The Bertz CT molecular complexity index is 1300. The van der Waals surface area contributed by atoms with Gasteiger partial charge in [0.2, 0.25) is 40.6 Å². The number of hydrogen-bond acceptors (Lipinski definition) is 10. The second kappa shape index (κ2) is 19.4. The van der Waals surface area contributed by atoms with Crippen molar-refractivity contribution >= 4 is 65.1 Å². The van der Waals surface area contributed by atoms with Gasteiger partial charge in [0, 0.05) is 19.8 Å². The molecule has 0 heterocycles. The molecule has 0 spiro atoms. The van der Waals surface area contributed by atoms with Crippen LogP contribution in [-0.2, 0) is 49.6 Å². The topological polar surface area (TPSA) is 300 Å². The molecule has 0 aliphatic rings. The number of carboxylic acid groups (broad SMARTS) is 2. The van der Waals surface area contributed by atoms with Crippen molar-refractivity contribution in [3.8, 4) is 0 Å². The first-order valence-electron chi connectivity index (χ1n) is 13.6. The molecule has 0 radical (unpaired) electrons. The van der Waals surface area contributed by atoms with Crippen molar-refractivity contribution in [3.63, 3.8) is 0 Å². The van der Waals surface area contributed by atoms with Crippen LogP contribution in [0.2, 0.25) is 0 Å². The third-order valence-corrected chi connectivity index (χ3v) is 6.42. The maximum atomic E-state index is 13.4. The predicted molar refractivity (Wildman–Crippen MR) is 159 cm³/mol. The molecular weight excluding hydrogens is 632 g/mol. The molecule has 0 saturated heterocycles. The van der Waals surface area contributed by atoms with Crippen molar-refractivity contribution in [2.75, 3.05) is 6.61 Å². The van der Waals surface area contributed by atoms with Crippen LogP contribution in [0, 0.1) is 0 Å². The SMILES string of the molecule is CC(=O)N[C@@H](CC(=O)O)C(=O)N[C@@H](CO)C(=O)N[C@@H](Cc1ccccc1)C(=O)N[C@@H](CC(=O)O)C(=O)N[C@@H](CCC(N)=O)C(=O)S. The molecule has 0 aromatic heterocycles. The molecule has 6 amide bonds. The van der Waals surface area contributed by atoms with Gasteiger partial charge in [0.1, 0.15) is 24.2 Å². The van der Waals surface area contributed by atoms with Crippen LogP contribution in [-0.4, -0.2) is 105 Å². The minimum absolute atomic E-state index is 0.226. The fourth-order valence-electron chi connectivity index (χ4n) is 3.90. The largest absolute Gasteiger partial charge is 0.481 e. The summed E-state index contributed by atoms with van der Waals surface area (Å²) in [4.78, 5) is 109. The zero-order valence-electron chi connectivity index (χ0n) is 24.6. The lowest BCUT2D eigenvalue weighted by Gasteiger charge is -2.26. The quantitative estimate of drug-likeness (QED) is 0.0602. The molecule has 0 aliphatic carbocycles. The second-order valence-corrected chi connectivity index (χ2v) is 10.3. The van der Waals surface area contributed by atoms with Gasteiger partial charge >= 0.3 is 11.9 Å². The molecule has 18 nitrogen and oxygen atoms in total. The maximum Gasteiger partial charge on any atom is 0.305 e. The fraction of sp³-hybridized carbons (Fsp3) is 0.444. The Morgan fingerprint density at radius 2 is 1.13 bits per heavy atom. The van der Waals surface area contributed by atoms with Crippen LogP contribution < -0.4 is 32.3 Å². The van der Waals surface area contributed by atoms with Crippen LogP contribution in [0.1, 0.15) is 38.2 Å². The standard InChI is InChI=1S/C27H36N6O12S/c1-13(35)29-17(10-21(37)38)24(42)33-19(12-34)26(44)31-16(9-14-5-3-2-4-6-14)23(41)32-18(11-22(39)40)25(43)30-15(27(45)46)7-8-20(28)36/h2-6,15-19,34H,7-12H2,1H3,(H2,28,36)(H,29,35)(H,30,43)(H,31,44)(H,32,41)(H,33,42)(H,37,38)(H,39,40)(H,45,46)/t15-,16-,17-,18-,19-/m0/s1. The molecule has 1 aromatic rings. The number of carbonyl (C=O) groups is 9. The minimum Gasteiger partial charge on any atom is -0.481 e. The summed E-state index contributed by atoms with van der Waals surface area (Å²) in [7, 11) is 0. The predicted octanol–water partition coefficient (Wildman–Crippen LogP) is -3.66. The summed E-state index contributed by atoms with van der Waals surface area (Å²) < 4.78 is 0. The molecule has 0 unspecified atom stereocenters. The first-order valence-corrected chi connectivity index (χ1v) is 14.1. The van der Waals surface area contributed by atoms with Gasteiger partial charge in [-0.15, -0.1) is 12.6 Å². The monoisotopic (exact) mass is 668 g/mol. The highest BCUT2D eigenvalue weighted by atomic mass is 32.1. The highest BCUT2D eigenvalue weighted by Gasteiger charge is 2.33. The lowest BCUT2D eigenvalue weighted by atomic mass is 10.0. The van der Waals surface area contributed by atoms with Gasteiger partial charge in [0.05, 0.1) is 25.5 Å². The van der Waals surface area contributed by atoms with E-state index in [2.05, 4.69) is 39.2 Å². The van der Waals surface area contributed by atoms with Gasteiger partial charge < -0.3 is 47.6 Å². The molecule has 0 bridgehead atoms. The van der Waals surface area contributed by atoms with Crippen molar-refractivity contribution < 1.29 is 58.5 Å². The Morgan fingerprint density at radius 3 is 1.59 bits per heavy atom. The van der Waals surface area contributed by atoms with E-state index in [0.717, 1.165) is 6.92 Å². The van der Waals surface area contributed by atoms with Gasteiger partial charge in [-0.1, -0.05) is 30.3 Å². The van der Waals surface area contributed by atoms with Crippen LogP contribution in [0.4, 0.5) is 0 Å². The third kappa shape index (κ3) is 14.6. The Balaban J connectivity index is 3.24. The number of carbonyl (C=O) groups excluding carboxylic acids is 7. The van der Waals surface area contributed by atoms with Gasteiger partial charge in [-0.2, -0.15) is 0 Å². The number of carboxylic acids is 2. The number of aliphatic hydroxyl groups excluding tert-OH is 1. The van der Waals surface area contributed by atoms with Gasteiger partial charge in [-0.25, -0.2) is 0 Å². The molecule has 0 fully saturated rings. The smallest absolute Gasteiger partial charge is 0.305 e. The molecule has 0 aliphatic heterocycles. The number of nitrogens with one attached hydrogen (secondary N) is 5. The van der Waals surface area contributed by atoms with Crippen molar-refractivity contribution in [1.82, 2.24) is 26.6 Å². The maximum absolute atomic E-state index is 13.4. The number of hydrogen-bond donors (Lipinski definition) is 10. The number of nitrogens with two attached hydrogens (primary N) is 1. The molecule has 252 valence electrons. The number of primary amides is 1. The van der Waals surface area contributed by atoms with E-state index in [1.165, 1.54) is 0 Å². The lowest BCUT2D eigenvalue weighted by molar-refractivity contribution is -0.142. The minimum atomic E-state index is -1.79. The Kier molecular flexibility index (Phi) is 16.4. The van der Waals surface area contributed by atoms with E-state index < -0.39 is 102 Å². The molecule has 5 atom stereocenters. The van der Waals surface area contributed by atoms with Crippen molar-refractivity contribution in [3.05, 3.63) is 35.9 Å². The number of thiol groups is 1. The molecule has 0 saturated carbocycles. The Morgan fingerprint density at radius 1 is 0.696 bits per heavy atom. The van der Waals surface area contributed by atoms with Crippen LogP contribution in [0.25, 0.3) is 0 Å². The summed E-state index contributed by atoms with van der Waals surface area (Å²) in [5.74, 6) is -8.95. The molecule has 10 N–H and O–H groups in total. The number of aliphatic hydroxyl groups is 1. The summed E-state index contributed by atoms with van der Waals surface area (Å²) in [5, 5.41) is 38.2.